The summed E-state index contributed by atoms with van der Waals surface area (Å²) in [6, 6.07) is 2.94. The molecule has 33 heavy (non-hydrogen) atoms. The molecule has 0 saturated heterocycles. The van der Waals surface area contributed by atoms with Crippen LogP contribution in [0.15, 0.2) is 29.2 Å². The molecule has 0 bridgehead atoms. The molecule has 1 aliphatic rings. The largest absolute Gasteiger partial charge is 0.502 e. The van der Waals surface area contributed by atoms with Gasteiger partial charge >= 0.3 is 0 Å². The molecule has 0 atom stereocenters. The third-order valence-electron chi connectivity index (χ3n) is 5.57. The van der Waals surface area contributed by atoms with E-state index in [0.717, 1.165) is 18.9 Å². The number of benzene rings is 1. The molecule has 0 saturated carbocycles. The van der Waals surface area contributed by atoms with Gasteiger partial charge in [0, 0.05) is 37.5 Å². The van der Waals surface area contributed by atoms with Crippen molar-refractivity contribution in [3.63, 3.8) is 0 Å². The van der Waals surface area contributed by atoms with Gasteiger partial charge in [-0.3, -0.25) is 24.1 Å². The van der Waals surface area contributed by atoms with Crippen molar-refractivity contribution in [1.29, 1.82) is 0 Å². The number of aromatic nitrogens is 1. The monoisotopic (exact) mass is 462 g/mol. The van der Waals surface area contributed by atoms with Crippen LogP contribution >= 0.6 is 0 Å². The quantitative estimate of drug-likeness (QED) is 0.629. The molecule has 2 N–H and O–H groups in total. The Bertz CT molecular complexity index is 1120. The number of aromatic hydroxyl groups is 1. The summed E-state index contributed by atoms with van der Waals surface area (Å²) in [5.74, 6) is -3.24. The van der Waals surface area contributed by atoms with Crippen LogP contribution in [-0.4, -0.2) is 46.3 Å². The lowest BCUT2D eigenvalue weighted by molar-refractivity contribution is 0.0682. The molecular weight excluding hydrogens is 434 g/mol. The van der Waals surface area contributed by atoms with Crippen LogP contribution in [0.4, 0.5) is 8.78 Å². The topological polar surface area (TPSA) is 94.9 Å². The van der Waals surface area contributed by atoms with E-state index in [2.05, 4.69) is 19.2 Å². The lowest BCUT2D eigenvalue weighted by Gasteiger charge is -2.39. The van der Waals surface area contributed by atoms with Gasteiger partial charge in [-0.05, 0) is 31.7 Å². The van der Waals surface area contributed by atoms with Crippen LogP contribution in [0.5, 0.6) is 5.75 Å². The lowest BCUT2D eigenvalue weighted by atomic mass is 10.1. The van der Waals surface area contributed by atoms with Crippen LogP contribution in [0.3, 0.4) is 0 Å². The fraction of sp³-hybridized carbons (Fsp3) is 0.435. The predicted octanol–water partition coefficient (Wildman–Crippen LogP) is 2.57. The summed E-state index contributed by atoms with van der Waals surface area (Å²) in [4.78, 5) is 39.9. The fourth-order valence-electron chi connectivity index (χ4n) is 3.70. The van der Waals surface area contributed by atoms with E-state index in [-0.39, 0.29) is 24.5 Å². The van der Waals surface area contributed by atoms with Gasteiger partial charge in [-0.25, -0.2) is 8.78 Å². The molecule has 0 radical (unpaired) electrons. The number of carbonyl (C=O) groups excluding carboxylic acids is 2. The van der Waals surface area contributed by atoms with Crippen molar-refractivity contribution in [2.45, 2.75) is 40.2 Å². The van der Waals surface area contributed by atoms with Gasteiger partial charge < -0.3 is 15.3 Å². The van der Waals surface area contributed by atoms with Gasteiger partial charge in [0.2, 0.25) is 5.43 Å². The minimum Gasteiger partial charge on any atom is -0.502 e. The molecule has 0 spiro atoms. The third kappa shape index (κ3) is 5.15. The van der Waals surface area contributed by atoms with E-state index < -0.39 is 40.2 Å². The molecule has 2 aromatic rings. The van der Waals surface area contributed by atoms with Crippen molar-refractivity contribution >= 4 is 11.8 Å². The number of fused-ring (bicyclic) bond motifs is 1. The molecule has 1 aromatic heterocycles. The Morgan fingerprint density at radius 1 is 1.24 bits per heavy atom. The SMILES string of the molecule is CCN1CN(CCCC(C)C)C(=O)c2c(O)c(=O)c(C(=O)NCc3ccc(F)cc3F)cn21. The first kappa shape index (κ1) is 24.2. The minimum absolute atomic E-state index is 0.0365. The van der Waals surface area contributed by atoms with Gasteiger partial charge in [-0.2, -0.15) is 0 Å². The number of nitrogens with zero attached hydrogens (tertiary/aromatic N) is 3. The second-order valence-electron chi connectivity index (χ2n) is 8.40. The van der Waals surface area contributed by atoms with Crippen LogP contribution in [0.1, 0.15) is 60.0 Å². The standard InChI is InChI=1S/C23H28F2N4O4/c1-4-28-13-27(9-5-6-14(2)3)23(33)19-21(31)20(30)17(12-29(19)28)22(32)26-11-15-7-8-16(24)10-18(15)25/h7-8,10,12,14,31H,4-6,9,11,13H2,1-3H3,(H,26,32). The average Bonchev–Trinajstić information content (AvgIpc) is 2.76. The van der Waals surface area contributed by atoms with Gasteiger partial charge in [0.25, 0.3) is 11.8 Å². The summed E-state index contributed by atoms with van der Waals surface area (Å²) in [6.07, 6.45) is 2.93. The van der Waals surface area contributed by atoms with E-state index in [4.69, 9.17) is 0 Å². The number of amides is 2. The maximum atomic E-state index is 13.8. The van der Waals surface area contributed by atoms with E-state index in [1.165, 1.54) is 16.9 Å². The molecule has 3 rings (SSSR count). The number of carbonyl (C=O) groups is 2. The number of halogens is 2. The Labute approximate surface area is 190 Å². The number of pyridine rings is 1. The van der Waals surface area contributed by atoms with Crippen molar-refractivity contribution in [1.82, 2.24) is 14.9 Å². The van der Waals surface area contributed by atoms with Crippen molar-refractivity contribution in [2.24, 2.45) is 5.92 Å². The molecule has 10 heteroatoms. The number of rotatable bonds is 8. The van der Waals surface area contributed by atoms with E-state index in [1.807, 2.05) is 6.92 Å². The van der Waals surface area contributed by atoms with Gasteiger partial charge in [0.05, 0.1) is 0 Å². The Morgan fingerprint density at radius 3 is 2.61 bits per heavy atom. The highest BCUT2D eigenvalue weighted by Gasteiger charge is 2.33. The van der Waals surface area contributed by atoms with E-state index in [9.17, 15) is 28.3 Å². The molecule has 2 amide bonds. The molecule has 0 unspecified atom stereocenters. The second kappa shape index (κ2) is 10.0. The highest BCUT2D eigenvalue weighted by molar-refractivity contribution is 5.99. The highest BCUT2D eigenvalue weighted by atomic mass is 19.1. The zero-order valence-electron chi connectivity index (χ0n) is 18.9. The summed E-state index contributed by atoms with van der Waals surface area (Å²) < 4.78 is 28.2. The number of hydrogen-bond acceptors (Lipinski definition) is 5. The van der Waals surface area contributed by atoms with Gasteiger partial charge in [0.15, 0.2) is 11.4 Å². The van der Waals surface area contributed by atoms with Crippen molar-refractivity contribution < 1.29 is 23.5 Å². The van der Waals surface area contributed by atoms with Gasteiger partial charge in [-0.15, -0.1) is 0 Å². The fourth-order valence-corrected chi connectivity index (χ4v) is 3.70. The van der Waals surface area contributed by atoms with E-state index in [0.29, 0.717) is 25.1 Å². The summed E-state index contributed by atoms with van der Waals surface area (Å²) in [5.41, 5.74) is -1.54. The molecule has 0 aliphatic carbocycles. The zero-order valence-corrected chi connectivity index (χ0v) is 18.9. The summed E-state index contributed by atoms with van der Waals surface area (Å²) >= 11 is 0. The molecule has 1 aromatic carbocycles. The highest BCUT2D eigenvalue weighted by Crippen LogP contribution is 2.22. The summed E-state index contributed by atoms with van der Waals surface area (Å²) in [5, 5.41) is 14.7. The number of hydrogen-bond donors (Lipinski definition) is 2. The first-order valence-electron chi connectivity index (χ1n) is 10.9. The van der Waals surface area contributed by atoms with Crippen LogP contribution in [0.2, 0.25) is 0 Å². The molecule has 2 heterocycles. The normalized spacial score (nSPS) is 13.5. The van der Waals surface area contributed by atoms with Crippen molar-refractivity contribution in [3.05, 3.63) is 63.1 Å². The van der Waals surface area contributed by atoms with Gasteiger partial charge in [0.1, 0.15) is 23.9 Å². The van der Waals surface area contributed by atoms with Crippen molar-refractivity contribution in [2.75, 3.05) is 24.8 Å². The molecule has 1 aliphatic heterocycles. The Balaban J connectivity index is 1.87. The summed E-state index contributed by atoms with van der Waals surface area (Å²) in [7, 11) is 0. The lowest BCUT2D eigenvalue weighted by Crippen LogP contribution is -2.54. The molecule has 0 fully saturated rings. The zero-order chi connectivity index (χ0) is 24.3. The van der Waals surface area contributed by atoms with Crippen LogP contribution in [0.25, 0.3) is 0 Å². The van der Waals surface area contributed by atoms with Crippen LogP contribution < -0.4 is 15.8 Å². The van der Waals surface area contributed by atoms with Crippen LogP contribution in [0, 0.1) is 17.6 Å². The first-order chi connectivity index (χ1) is 15.6. The smallest absolute Gasteiger partial charge is 0.277 e. The average molecular weight is 462 g/mol. The van der Waals surface area contributed by atoms with Crippen molar-refractivity contribution in [3.8, 4) is 5.75 Å². The molecule has 178 valence electrons. The Morgan fingerprint density at radius 2 is 1.97 bits per heavy atom. The van der Waals surface area contributed by atoms with E-state index in [1.54, 1.807) is 9.91 Å². The molecule has 8 nitrogen and oxygen atoms in total. The minimum atomic E-state index is -0.994. The third-order valence-corrected chi connectivity index (χ3v) is 5.57. The van der Waals surface area contributed by atoms with E-state index >= 15 is 0 Å². The second-order valence-corrected chi connectivity index (χ2v) is 8.40. The molecular formula is C23H28F2N4O4. The van der Waals surface area contributed by atoms with Crippen LogP contribution in [-0.2, 0) is 6.54 Å². The maximum absolute atomic E-state index is 13.8. The predicted molar refractivity (Wildman–Crippen MR) is 119 cm³/mol. The summed E-state index contributed by atoms with van der Waals surface area (Å²) in [6.45, 7) is 6.91. The van der Waals surface area contributed by atoms with Gasteiger partial charge in [-0.1, -0.05) is 19.9 Å². The Hall–Kier alpha value is -3.43. The Kier molecular flexibility index (Phi) is 7.35. The number of nitrogens with one attached hydrogen (secondary N) is 1. The maximum Gasteiger partial charge on any atom is 0.277 e. The first-order valence-corrected chi connectivity index (χ1v) is 10.9.